The van der Waals surface area contributed by atoms with Crippen LogP contribution in [-0.4, -0.2) is 45.8 Å². The molecule has 1 unspecified atom stereocenters. The molecule has 1 atom stereocenters. The summed E-state index contributed by atoms with van der Waals surface area (Å²) in [5, 5.41) is 4.11. The van der Waals surface area contributed by atoms with Gasteiger partial charge in [0.25, 0.3) is 5.91 Å². The van der Waals surface area contributed by atoms with Gasteiger partial charge in [-0.05, 0) is 51.5 Å². The monoisotopic (exact) mass is 400 g/mol. The van der Waals surface area contributed by atoms with Crippen molar-refractivity contribution >= 4 is 33.4 Å². The van der Waals surface area contributed by atoms with E-state index < -0.39 is 0 Å². The number of carbonyl (C=O) groups excluding carboxylic acids is 2. The summed E-state index contributed by atoms with van der Waals surface area (Å²) in [6.07, 6.45) is 5.56. The number of amides is 2. The van der Waals surface area contributed by atoms with Gasteiger partial charge in [0.1, 0.15) is 10.7 Å². The number of hydrogen-bond donors (Lipinski definition) is 1. The third-order valence-corrected chi connectivity index (χ3v) is 6.85. The number of rotatable bonds is 5. The summed E-state index contributed by atoms with van der Waals surface area (Å²) >= 11 is 1.49. The number of aryl methyl sites for hydroxylation is 2. The van der Waals surface area contributed by atoms with E-state index in [-0.39, 0.29) is 17.9 Å². The van der Waals surface area contributed by atoms with Gasteiger partial charge in [0.15, 0.2) is 0 Å². The SMILES string of the molecule is CCCC(=O)NC1CCCN(C(=O)c2sc3nc(C4CC4)nc(C)c3c2C)C1. The number of nitrogens with zero attached hydrogens (tertiary/aromatic N) is 3. The van der Waals surface area contributed by atoms with Crippen LogP contribution in [0.4, 0.5) is 0 Å². The van der Waals surface area contributed by atoms with Crippen molar-refractivity contribution in [1.82, 2.24) is 20.2 Å². The highest BCUT2D eigenvalue weighted by molar-refractivity contribution is 7.20. The highest BCUT2D eigenvalue weighted by Gasteiger charge is 2.30. The molecule has 1 aliphatic heterocycles. The third kappa shape index (κ3) is 3.77. The Morgan fingerprint density at radius 3 is 2.71 bits per heavy atom. The molecule has 2 aromatic rings. The molecule has 1 saturated heterocycles. The zero-order chi connectivity index (χ0) is 19.8. The van der Waals surface area contributed by atoms with Gasteiger partial charge >= 0.3 is 0 Å². The average Bonchev–Trinajstić information content (AvgIpc) is 3.45. The number of piperidine rings is 1. The van der Waals surface area contributed by atoms with Crippen LogP contribution in [0.25, 0.3) is 10.2 Å². The highest BCUT2D eigenvalue weighted by Crippen LogP contribution is 2.40. The number of aromatic nitrogens is 2. The van der Waals surface area contributed by atoms with Crippen LogP contribution in [-0.2, 0) is 4.79 Å². The number of hydrogen-bond acceptors (Lipinski definition) is 5. The first kappa shape index (κ1) is 19.3. The Bertz CT molecular complexity index is 919. The third-order valence-electron chi connectivity index (χ3n) is 5.68. The van der Waals surface area contributed by atoms with Gasteiger partial charge in [-0.15, -0.1) is 11.3 Å². The molecule has 4 rings (SSSR count). The number of thiophene rings is 1. The van der Waals surface area contributed by atoms with Crippen LogP contribution < -0.4 is 5.32 Å². The zero-order valence-corrected chi connectivity index (χ0v) is 17.7. The van der Waals surface area contributed by atoms with E-state index in [1.54, 1.807) is 0 Å². The lowest BCUT2D eigenvalue weighted by atomic mass is 10.0. The van der Waals surface area contributed by atoms with Gasteiger partial charge in [0, 0.05) is 36.9 Å². The Balaban J connectivity index is 1.55. The fourth-order valence-electron chi connectivity index (χ4n) is 4.04. The van der Waals surface area contributed by atoms with Crippen LogP contribution in [0.15, 0.2) is 0 Å². The minimum Gasteiger partial charge on any atom is -0.352 e. The van der Waals surface area contributed by atoms with Gasteiger partial charge in [-0.3, -0.25) is 9.59 Å². The quantitative estimate of drug-likeness (QED) is 0.830. The molecular formula is C21H28N4O2S. The van der Waals surface area contributed by atoms with Crippen LogP contribution >= 0.6 is 11.3 Å². The molecule has 0 radical (unpaired) electrons. The Morgan fingerprint density at radius 2 is 2.00 bits per heavy atom. The van der Waals surface area contributed by atoms with E-state index in [9.17, 15) is 9.59 Å². The first-order chi connectivity index (χ1) is 13.5. The van der Waals surface area contributed by atoms with Crippen molar-refractivity contribution in [2.24, 2.45) is 0 Å². The summed E-state index contributed by atoms with van der Waals surface area (Å²) in [7, 11) is 0. The van der Waals surface area contributed by atoms with E-state index in [0.717, 1.165) is 58.0 Å². The molecule has 28 heavy (non-hydrogen) atoms. The van der Waals surface area contributed by atoms with Crippen molar-refractivity contribution in [2.75, 3.05) is 13.1 Å². The largest absolute Gasteiger partial charge is 0.352 e. The zero-order valence-electron chi connectivity index (χ0n) is 16.9. The van der Waals surface area contributed by atoms with Gasteiger partial charge in [-0.25, -0.2) is 9.97 Å². The van der Waals surface area contributed by atoms with Crippen molar-refractivity contribution in [3.63, 3.8) is 0 Å². The normalized spacial score (nSPS) is 19.8. The second-order valence-electron chi connectivity index (χ2n) is 8.09. The maximum atomic E-state index is 13.3. The van der Waals surface area contributed by atoms with E-state index in [4.69, 9.17) is 9.97 Å². The first-order valence-corrected chi connectivity index (χ1v) is 11.2. The summed E-state index contributed by atoms with van der Waals surface area (Å²) in [6, 6.07) is 0.0504. The average molecular weight is 401 g/mol. The molecule has 0 bridgehead atoms. The summed E-state index contributed by atoms with van der Waals surface area (Å²) in [6.45, 7) is 7.35. The van der Waals surface area contributed by atoms with E-state index >= 15 is 0 Å². The molecule has 0 aromatic carbocycles. The molecule has 7 heteroatoms. The van der Waals surface area contributed by atoms with E-state index in [1.165, 1.54) is 24.2 Å². The Kier molecular flexibility index (Phi) is 5.36. The molecule has 1 N–H and O–H groups in total. The van der Waals surface area contributed by atoms with Crippen molar-refractivity contribution < 1.29 is 9.59 Å². The second-order valence-corrected chi connectivity index (χ2v) is 9.08. The number of nitrogens with one attached hydrogen (secondary N) is 1. The topological polar surface area (TPSA) is 75.2 Å². The van der Waals surface area contributed by atoms with E-state index in [0.29, 0.717) is 18.9 Å². The molecule has 150 valence electrons. The van der Waals surface area contributed by atoms with Crippen molar-refractivity contribution in [1.29, 1.82) is 0 Å². The fourth-order valence-corrected chi connectivity index (χ4v) is 5.24. The van der Waals surface area contributed by atoms with Gasteiger partial charge < -0.3 is 10.2 Å². The van der Waals surface area contributed by atoms with Crippen LogP contribution in [0.3, 0.4) is 0 Å². The highest BCUT2D eigenvalue weighted by atomic mass is 32.1. The molecule has 2 amide bonds. The lowest BCUT2D eigenvalue weighted by Crippen LogP contribution is -2.49. The van der Waals surface area contributed by atoms with Crippen LogP contribution in [0, 0.1) is 13.8 Å². The molecule has 6 nitrogen and oxygen atoms in total. The number of likely N-dealkylation sites (tertiary alicyclic amines) is 1. The van der Waals surface area contributed by atoms with Crippen LogP contribution in [0.1, 0.15) is 78.1 Å². The summed E-state index contributed by atoms with van der Waals surface area (Å²) in [5.74, 6) is 1.57. The maximum absolute atomic E-state index is 13.3. The van der Waals surface area contributed by atoms with Gasteiger partial charge in [-0.1, -0.05) is 6.92 Å². The van der Waals surface area contributed by atoms with Gasteiger partial charge in [0.05, 0.1) is 10.6 Å². The van der Waals surface area contributed by atoms with Crippen molar-refractivity contribution in [2.45, 2.75) is 71.3 Å². The first-order valence-electron chi connectivity index (χ1n) is 10.3. The summed E-state index contributed by atoms with van der Waals surface area (Å²) < 4.78 is 0. The Morgan fingerprint density at radius 1 is 1.21 bits per heavy atom. The molecule has 1 aliphatic carbocycles. The van der Waals surface area contributed by atoms with Crippen molar-refractivity contribution in [3.8, 4) is 0 Å². The minimum absolute atomic E-state index is 0.0504. The maximum Gasteiger partial charge on any atom is 0.264 e. The minimum atomic E-state index is 0.0504. The molecular weight excluding hydrogens is 372 g/mol. The predicted molar refractivity (Wildman–Crippen MR) is 111 cm³/mol. The summed E-state index contributed by atoms with van der Waals surface area (Å²) in [4.78, 5) is 38.2. The van der Waals surface area contributed by atoms with Crippen LogP contribution in [0.5, 0.6) is 0 Å². The number of fused-ring (bicyclic) bond motifs is 1. The summed E-state index contributed by atoms with van der Waals surface area (Å²) in [5.41, 5.74) is 1.96. The Labute approximate surface area is 169 Å². The van der Waals surface area contributed by atoms with Gasteiger partial charge in [-0.2, -0.15) is 0 Å². The number of carbonyl (C=O) groups is 2. The lowest BCUT2D eigenvalue weighted by molar-refractivity contribution is -0.122. The molecule has 2 aliphatic rings. The van der Waals surface area contributed by atoms with E-state index in [2.05, 4.69) is 5.32 Å². The Hall–Kier alpha value is -2.02. The molecule has 2 aromatic heterocycles. The van der Waals surface area contributed by atoms with Gasteiger partial charge in [0.2, 0.25) is 5.91 Å². The molecule has 2 fully saturated rings. The van der Waals surface area contributed by atoms with E-state index in [1.807, 2.05) is 25.7 Å². The standard InChI is InChI=1S/C21H28N4O2S/c1-4-6-16(26)23-15-7-5-10-25(11-15)21(27)18-12(2)17-13(3)22-19(14-8-9-14)24-20(17)28-18/h14-15H,4-11H2,1-3H3,(H,23,26). The fraction of sp³-hybridized carbons (Fsp3) is 0.619. The predicted octanol–water partition coefficient (Wildman–Crippen LogP) is 3.71. The smallest absolute Gasteiger partial charge is 0.264 e. The molecule has 0 spiro atoms. The van der Waals surface area contributed by atoms with Crippen molar-refractivity contribution in [3.05, 3.63) is 22.0 Å². The van der Waals surface area contributed by atoms with Crippen LogP contribution in [0.2, 0.25) is 0 Å². The molecule has 3 heterocycles. The molecule has 1 saturated carbocycles. The lowest BCUT2D eigenvalue weighted by Gasteiger charge is -2.33. The second kappa shape index (κ2) is 7.78.